The molecule has 5 heteroatoms. The topological polar surface area (TPSA) is 66.8 Å². The van der Waals surface area contributed by atoms with Gasteiger partial charge in [-0.15, -0.1) is 0 Å². The molecule has 96 valence electrons. The summed E-state index contributed by atoms with van der Waals surface area (Å²) in [4.78, 5) is 23.3. The van der Waals surface area contributed by atoms with E-state index in [1.165, 1.54) is 5.56 Å². The normalized spacial score (nSPS) is 18.8. The standard InChI is InChI=1S/C13H15NO4/c15-12-11(14(9-18-12)13(16)17)8-4-7-10-5-2-1-3-6-10/h1-3,5-6,11H,4,7-9H2,(H,16,17). The lowest BCUT2D eigenvalue weighted by molar-refractivity contribution is -0.139. The number of benzene rings is 1. The molecule has 1 amide bonds. The van der Waals surface area contributed by atoms with Gasteiger partial charge in [0.15, 0.2) is 6.73 Å². The second kappa shape index (κ2) is 5.53. The summed E-state index contributed by atoms with van der Waals surface area (Å²) in [6.45, 7) is -0.149. The third-order valence-corrected chi connectivity index (χ3v) is 3.03. The summed E-state index contributed by atoms with van der Waals surface area (Å²) in [5.41, 5.74) is 1.19. The zero-order valence-corrected chi connectivity index (χ0v) is 9.91. The molecule has 1 aliphatic rings. The van der Waals surface area contributed by atoms with Crippen molar-refractivity contribution < 1.29 is 19.4 Å². The van der Waals surface area contributed by atoms with Crippen molar-refractivity contribution in [2.45, 2.75) is 25.3 Å². The lowest BCUT2D eigenvalue weighted by Crippen LogP contribution is -2.37. The Morgan fingerprint density at radius 3 is 2.78 bits per heavy atom. The molecular formula is C13H15NO4. The van der Waals surface area contributed by atoms with Gasteiger partial charge in [0.05, 0.1) is 0 Å². The van der Waals surface area contributed by atoms with Gasteiger partial charge in [-0.05, 0) is 24.8 Å². The lowest BCUT2D eigenvalue weighted by atomic mass is 10.0. The van der Waals surface area contributed by atoms with Crippen LogP contribution in [0.4, 0.5) is 4.79 Å². The largest absolute Gasteiger partial charge is 0.465 e. The van der Waals surface area contributed by atoms with Crippen LogP contribution in [0.5, 0.6) is 0 Å². The van der Waals surface area contributed by atoms with E-state index < -0.39 is 18.1 Å². The van der Waals surface area contributed by atoms with Crippen molar-refractivity contribution in [3.63, 3.8) is 0 Å². The first-order valence-electron chi connectivity index (χ1n) is 5.88. The summed E-state index contributed by atoms with van der Waals surface area (Å²) in [6.07, 6.45) is 0.983. The number of hydrogen-bond acceptors (Lipinski definition) is 3. The monoisotopic (exact) mass is 249 g/mol. The number of nitrogens with zero attached hydrogens (tertiary/aromatic N) is 1. The number of aryl methyl sites for hydroxylation is 1. The molecule has 1 fully saturated rings. The Bertz CT molecular complexity index is 432. The smallest absolute Gasteiger partial charge is 0.410 e. The third kappa shape index (κ3) is 2.80. The minimum atomic E-state index is -1.11. The Hall–Kier alpha value is -2.04. The van der Waals surface area contributed by atoms with Crippen molar-refractivity contribution in [3.8, 4) is 0 Å². The van der Waals surface area contributed by atoms with Gasteiger partial charge in [0.1, 0.15) is 6.04 Å². The molecule has 1 aromatic carbocycles. The molecule has 5 nitrogen and oxygen atoms in total. The van der Waals surface area contributed by atoms with E-state index in [0.717, 1.165) is 17.7 Å². The van der Waals surface area contributed by atoms with Gasteiger partial charge in [0.2, 0.25) is 0 Å². The predicted molar refractivity (Wildman–Crippen MR) is 64.0 cm³/mol. The summed E-state index contributed by atoms with van der Waals surface area (Å²) < 4.78 is 4.75. The van der Waals surface area contributed by atoms with E-state index >= 15 is 0 Å². The molecule has 1 aliphatic heterocycles. The maximum Gasteiger partial charge on any atom is 0.410 e. The maximum absolute atomic E-state index is 11.4. The van der Waals surface area contributed by atoms with Crippen LogP contribution in [0.1, 0.15) is 18.4 Å². The fourth-order valence-electron chi connectivity index (χ4n) is 2.05. The number of amides is 1. The van der Waals surface area contributed by atoms with Crippen LogP contribution in [0.3, 0.4) is 0 Å². The zero-order valence-electron chi connectivity index (χ0n) is 9.91. The summed E-state index contributed by atoms with van der Waals surface area (Å²) in [7, 11) is 0. The Balaban J connectivity index is 1.85. The molecule has 0 radical (unpaired) electrons. The molecule has 1 unspecified atom stereocenters. The zero-order chi connectivity index (χ0) is 13.0. The first kappa shape index (κ1) is 12.4. The van der Waals surface area contributed by atoms with Crippen molar-refractivity contribution in [1.82, 2.24) is 4.90 Å². The fraction of sp³-hybridized carbons (Fsp3) is 0.385. The van der Waals surface area contributed by atoms with Crippen molar-refractivity contribution >= 4 is 12.1 Å². The molecule has 0 aromatic heterocycles. The van der Waals surface area contributed by atoms with Crippen LogP contribution in [0.15, 0.2) is 30.3 Å². The van der Waals surface area contributed by atoms with E-state index in [-0.39, 0.29) is 6.73 Å². The average Bonchev–Trinajstić information content (AvgIpc) is 2.73. The molecule has 0 saturated carbocycles. The predicted octanol–water partition coefficient (Wildman–Crippen LogP) is 1.87. The summed E-state index contributed by atoms with van der Waals surface area (Å²) in [5, 5.41) is 8.91. The first-order valence-corrected chi connectivity index (χ1v) is 5.88. The minimum Gasteiger partial charge on any atom is -0.465 e. The number of rotatable bonds is 4. The van der Waals surface area contributed by atoms with Crippen LogP contribution < -0.4 is 0 Å². The molecule has 1 N–H and O–H groups in total. The van der Waals surface area contributed by atoms with E-state index in [0.29, 0.717) is 6.42 Å². The van der Waals surface area contributed by atoms with Crippen molar-refractivity contribution in [2.75, 3.05) is 6.73 Å². The summed E-state index contributed by atoms with van der Waals surface area (Å²) in [6, 6.07) is 9.26. The minimum absolute atomic E-state index is 0.149. The van der Waals surface area contributed by atoms with Gasteiger partial charge in [-0.25, -0.2) is 9.59 Å². The highest BCUT2D eigenvalue weighted by atomic mass is 16.6. The second-order valence-electron chi connectivity index (χ2n) is 4.24. The van der Waals surface area contributed by atoms with Crippen LogP contribution >= 0.6 is 0 Å². The SMILES string of the molecule is O=C1OCN(C(=O)O)C1CCCc1ccccc1. The number of carbonyl (C=O) groups excluding carboxylic acids is 1. The van der Waals surface area contributed by atoms with Gasteiger partial charge in [0.25, 0.3) is 0 Å². The van der Waals surface area contributed by atoms with E-state index in [9.17, 15) is 9.59 Å². The Kier molecular flexibility index (Phi) is 3.82. The summed E-state index contributed by atoms with van der Waals surface area (Å²) >= 11 is 0. The van der Waals surface area contributed by atoms with Crippen LogP contribution in [-0.2, 0) is 16.0 Å². The third-order valence-electron chi connectivity index (χ3n) is 3.03. The van der Waals surface area contributed by atoms with Crippen molar-refractivity contribution in [3.05, 3.63) is 35.9 Å². The van der Waals surface area contributed by atoms with Gasteiger partial charge >= 0.3 is 12.1 Å². The van der Waals surface area contributed by atoms with E-state index in [1.54, 1.807) is 0 Å². The van der Waals surface area contributed by atoms with Crippen molar-refractivity contribution in [2.24, 2.45) is 0 Å². The second-order valence-corrected chi connectivity index (χ2v) is 4.24. The van der Waals surface area contributed by atoms with Crippen LogP contribution in [-0.4, -0.2) is 34.8 Å². The molecule has 2 rings (SSSR count). The van der Waals surface area contributed by atoms with E-state index in [1.807, 2.05) is 30.3 Å². The number of carbonyl (C=O) groups is 2. The molecule has 1 saturated heterocycles. The maximum atomic E-state index is 11.4. The quantitative estimate of drug-likeness (QED) is 0.827. The Morgan fingerprint density at radius 1 is 1.39 bits per heavy atom. The highest BCUT2D eigenvalue weighted by Gasteiger charge is 2.37. The first-order chi connectivity index (χ1) is 8.68. The van der Waals surface area contributed by atoms with Gasteiger partial charge in [-0.2, -0.15) is 0 Å². The highest BCUT2D eigenvalue weighted by Crippen LogP contribution is 2.17. The average molecular weight is 249 g/mol. The van der Waals surface area contributed by atoms with Crippen LogP contribution in [0, 0.1) is 0 Å². The molecule has 0 spiro atoms. The number of carboxylic acid groups (broad SMARTS) is 1. The van der Waals surface area contributed by atoms with Gasteiger partial charge in [0, 0.05) is 0 Å². The number of esters is 1. The van der Waals surface area contributed by atoms with Gasteiger partial charge < -0.3 is 9.84 Å². The molecule has 1 atom stereocenters. The van der Waals surface area contributed by atoms with Gasteiger partial charge in [-0.3, -0.25) is 4.90 Å². The number of ether oxygens (including phenoxy) is 1. The van der Waals surface area contributed by atoms with Crippen LogP contribution in [0.2, 0.25) is 0 Å². The Labute approximate surface area is 105 Å². The van der Waals surface area contributed by atoms with Crippen molar-refractivity contribution in [1.29, 1.82) is 0 Å². The fourth-order valence-corrected chi connectivity index (χ4v) is 2.05. The lowest BCUT2D eigenvalue weighted by Gasteiger charge is -2.16. The molecule has 0 bridgehead atoms. The number of hydrogen-bond donors (Lipinski definition) is 1. The van der Waals surface area contributed by atoms with E-state index in [4.69, 9.17) is 9.84 Å². The number of cyclic esters (lactones) is 1. The molecule has 1 aromatic rings. The van der Waals surface area contributed by atoms with Gasteiger partial charge in [-0.1, -0.05) is 30.3 Å². The molecule has 1 heterocycles. The highest BCUT2D eigenvalue weighted by molar-refractivity contribution is 5.83. The summed E-state index contributed by atoms with van der Waals surface area (Å²) in [5.74, 6) is -0.439. The van der Waals surface area contributed by atoms with E-state index in [2.05, 4.69) is 0 Å². The molecule has 0 aliphatic carbocycles. The Morgan fingerprint density at radius 2 is 2.11 bits per heavy atom. The molecular weight excluding hydrogens is 234 g/mol. The molecule has 18 heavy (non-hydrogen) atoms. The van der Waals surface area contributed by atoms with Crippen LogP contribution in [0.25, 0.3) is 0 Å².